The summed E-state index contributed by atoms with van der Waals surface area (Å²) in [5.41, 5.74) is 0. The fourth-order valence-electron chi connectivity index (χ4n) is 1.95. The molecule has 1 aliphatic heterocycles. The number of rotatable bonds is 0. The first-order chi connectivity index (χ1) is 7.79. The zero-order valence-corrected chi connectivity index (χ0v) is 10.0. The van der Waals surface area contributed by atoms with E-state index in [0.29, 0.717) is 19.3 Å². The van der Waals surface area contributed by atoms with Gasteiger partial charge in [-0.25, -0.2) is 0 Å². The van der Waals surface area contributed by atoms with Crippen LogP contribution in [0.5, 0.6) is 0 Å². The van der Waals surface area contributed by atoms with Crippen LogP contribution in [0, 0.1) is 0 Å². The first-order valence-corrected chi connectivity index (χ1v) is 6.46. The van der Waals surface area contributed by atoms with Gasteiger partial charge >= 0.3 is 5.97 Å². The smallest absolute Gasteiger partial charge is 0.305 e. The molecule has 1 heterocycles. The Morgan fingerprint density at radius 1 is 0.688 bits per heavy atom. The van der Waals surface area contributed by atoms with Crippen LogP contribution in [-0.4, -0.2) is 18.4 Å². The van der Waals surface area contributed by atoms with Gasteiger partial charge in [-0.05, 0) is 12.8 Å². The van der Waals surface area contributed by atoms with Gasteiger partial charge in [-0.3, -0.25) is 9.59 Å². The number of hydrogen-bond donors (Lipinski definition) is 0. The molecule has 3 heteroatoms. The molecule has 0 aliphatic carbocycles. The van der Waals surface area contributed by atoms with Crippen LogP contribution in [0.3, 0.4) is 0 Å². The maximum absolute atomic E-state index is 11.4. The van der Waals surface area contributed by atoms with Gasteiger partial charge in [0.05, 0.1) is 6.61 Å². The molecule has 0 atom stereocenters. The molecular weight excluding hydrogens is 204 g/mol. The lowest BCUT2D eigenvalue weighted by atomic mass is 10.0. The SMILES string of the molecule is O=C1CCCCCCCCCC(=O)OCC1. The van der Waals surface area contributed by atoms with E-state index in [1.807, 2.05) is 0 Å². The van der Waals surface area contributed by atoms with Crippen LogP contribution in [-0.2, 0) is 14.3 Å². The van der Waals surface area contributed by atoms with Crippen molar-refractivity contribution in [3.8, 4) is 0 Å². The van der Waals surface area contributed by atoms with Gasteiger partial charge in [0.1, 0.15) is 5.78 Å². The number of hydrogen-bond acceptors (Lipinski definition) is 3. The Morgan fingerprint density at radius 3 is 1.94 bits per heavy atom. The molecule has 1 rings (SSSR count). The highest BCUT2D eigenvalue weighted by molar-refractivity contribution is 5.78. The fraction of sp³-hybridized carbons (Fsp3) is 0.846. The molecule has 0 spiro atoms. The molecule has 1 saturated heterocycles. The number of esters is 1. The van der Waals surface area contributed by atoms with Crippen molar-refractivity contribution in [1.29, 1.82) is 0 Å². The maximum atomic E-state index is 11.4. The molecule has 0 saturated carbocycles. The Morgan fingerprint density at radius 2 is 1.25 bits per heavy atom. The molecule has 0 radical (unpaired) electrons. The third-order valence-corrected chi connectivity index (χ3v) is 2.98. The lowest BCUT2D eigenvalue weighted by molar-refractivity contribution is -0.144. The average Bonchev–Trinajstić information content (AvgIpc) is 2.26. The van der Waals surface area contributed by atoms with Crippen LogP contribution in [0.2, 0.25) is 0 Å². The monoisotopic (exact) mass is 226 g/mol. The van der Waals surface area contributed by atoms with Crippen molar-refractivity contribution in [2.45, 2.75) is 64.2 Å². The molecule has 0 bridgehead atoms. The standard InChI is InChI=1S/C13H22O3/c14-12-8-6-4-2-1-3-5-7-9-13(15)16-11-10-12/h1-11H2. The highest BCUT2D eigenvalue weighted by atomic mass is 16.5. The Labute approximate surface area is 97.5 Å². The number of cyclic esters (lactones) is 1. The van der Waals surface area contributed by atoms with Crippen molar-refractivity contribution in [2.24, 2.45) is 0 Å². The fourth-order valence-corrected chi connectivity index (χ4v) is 1.95. The Balaban J connectivity index is 2.25. The molecule has 0 aromatic carbocycles. The molecular formula is C13H22O3. The molecule has 1 fully saturated rings. The second-order valence-electron chi connectivity index (χ2n) is 4.48. The molecule has 0 unspecified atom stereocenters. The number of ketones is 1. The van der Waals surface area contributed by atoms with Gasteiger partial charge in [-0.2, -0.15) is 0 Å². The summed E-state index contributed by atoms with van der Waals surface area (Å²) >= 11 is 0. The highest BCUT2D eigenvalue weighted by Gasteiger charge is 2.07. The second kappa shape index (κ2) is 8.31. The summed E-state index contributed by atoms with van der Waals surface area (Å²) in [6.07, 6.45) is 9.39. The molecule has 0 N–H and O–H groups in total. The van der Waals surface area contributed by atoms with Gasteiger partial charge in [-0.1, -0.05) is 32.1 Å². The predicted octanol–water partition coefficient (Wildman–Crippen LogP) is 3.01. The average molecular weight is 226 g/mol. The van der Waals surface area contributed by atoms with E-state index in [2.05, 4.69) is 0 Å². The molecule has 3 nitrogen and oxygen atoms in total. The maximum Gasteiger partial charge on any atom is 0.305 e. The van der Waals surface area contributed by atoms with Crippen molar-refractivity contribution in [3.05, 3.63) is 0 Å². The zero-order chi connectivity index (χ0) is 11.6. The minimum Gasteiger partial charge on any atom is -0.465 e. The van der Waals surface area contributed by atoms with Crippen LogP contribution in [0.25, 0.3) is 0 Å². The van der Waals surface area contributed by atoms with Crippen molar-refractivity contribution in [2.75, 3.05) is 6.61 Å². The number of Topliss-reactive ketones (excluding diaryl/α,β-unsaturated/α-hetero) is 1. The molecule has 16 heavy (non-hydrogen) atoms. The Bertz CT molecular complexity index is 201. The predicted molar refractivity (Wildman–Crippen MR) is 62.1 cm³/mol. The van der Waals surface area contributed by atoms with Gasteiger partial charge < -0.3 is 4.74 Å². The van der Waals surface area contributed by atoms with E-state index in [4.69, 9.17) is 4.74 Å². The number of carbonyl (C=O) groups excluding carboxylic acids is 2. The molecule has 1 aliphatic rings. The van der Waals surface area contributed by atoms with Gasteiger partial charge in [0.2, 0.25) is 0 Å². The van der Waals surface area contributed by atoms with Crippen LogP contribution >= 0.6 is 0 Å². The summed E-state index contributed by atoms with van der Waals surface area (Å²) in [4.78, 5) is 22.6. The number of carbonyl (C=O) groups is 2. The summed E-state index contributed by atoms with van der Waals surface area (Å²) in [5.74, 6) is 0.0784. The quantitative estimate of drug-likeness (QED) is 0.596. The van der Waals surface area contributed by atoms with Crippen LogP contribution < -0.4 is 0 Å². The van der Waals surface area contributed by atoms with Gasteiger partial charge in [0, 0.05) is 19.3 Å². The van der Waals surface area contributed by atoms with Crippen molar-refractivity contribution in [1.82, 2.24) is 0 Å². The van der Waals surface area contributed by atoms with E-state index < -0.39 is 0 Å². The lowest BCUT2D eigenvalue weighted by Crippen LogP contribution is -2.10. The van der Waals surface area contributed by atoms with E-state index >= 15 is 0 Å². The summed E-state index contributed by atoms with van der Waals surface area (Å²) in [5, 5.41) is 0. The van der Waals surface area contributed by atoms with E-state index in [1.165, 1.54) is 19.3 Å². The van der Waals surface area contributed by atoms with Crippen LogP contribution in [0.4, 0.5) is 0 Å². The molecule has 92 valence electrons. The summed E-state index contributed by atoms with van der Waals surface area (Å²) in [6, 6.07) is 0. The van der Waals surface area contributed by atoms with Gasteiger partial charge in [-0.15, -0.1) is 0 Å². The van der Waals surface area contributed by atoms with E-state index in [1.54, 1.807) is 0 Å². The topological polar surface area (TPSA) is 43.4 Å². The van der Waals surface area contributed by atoms with E-state index in [9.17, 15) is 9.59 Å². The largest absolute Gasteiger partial charge is 0.465 e. The number of ether oxygens (including phenoxy) is 1. The van der Waals surface area contributed by atoms with Gasteiger partial charge in [0.25, 0.3) is 0 Å². The first-order valence-electron chi connectivity index (χ1n) is 6.46. The third-order valence-electron chi connectivity index (χ3n) is 2.98. The van der Waals surface area contributed by atoms with E-state index in [-0.39, 0.29) is 18.4 Å². The zero-order valence-electron chi connectivity index (χ0n) is 10.0. The van der Waals surface area contributed by atoms with Crippen LogP contribution in [0.15, 0.2) is 0 Å². The van der Waals surface area contributed by atoms with Gasteiger partial charge in [0.15, 0.2) is 0 Å². The molecule has 0 amide bonds. The van der Waals surface area contributed by atoms with Crippen molar-refractivity contribution < 1.29 is 14.3 Å². The summed E-state index contributed by atoms with van der Waals surface area (Å²) in [7, 11) is 0. The van der Waals surface area contributed by atoms with Crippen molar-refractivity contribution in [3.63, 3.8) is 0 Å². The minimum absolute atomic E-state index is 0.148. The summed E-state index contributed by atoms with van der Waals surface area (Å²) in [6.45, 7) is 0.275. The minimum atomic E-state index is -0.148. The normalized spacial score (nSPS) is 22.2. The Hall–Kier alpha value is -0.860. The molecule has 0 aromatic heterocycles. The third kappa shape index (κ3) is 6.59. The highest BCUT2D eigenvalue weighted by Crippen LogP contribution is 2.11. The first kappa shape index (κ1) is 13.2. The second-order valence-corrected chi connectivity index (χ2v) is 4.48. The Kier molecular flexibility index (Phi) is 6.86. The molecule has 0 aromatic rings. The van der Waals surface area contributed by atoms with E-state index in [0.717, 1.165) is 25.7 Å². The summed E-state index contributed by atoms with van der Waals surface area (Å²) < 4.78 is 5.00. The van der Waals surface area contributed by atoms with Crippen molar-refractivity contribution >= 4 is 11.8 Å². The van der Waals surface area contributed by atoms with Crippen LogP contribution in [0.1, 0.15) is 64.2 Å². The lowest BCUT2D eigenvalue weighted by Gasteiger charge is -2.06.